The number of hydrogen-bond donors (Lipinski definition) is 1. The van der Waals surface area contributed by atoms with Crippen LogP contribution in [0.4, 0.5) is 4.79 Å². The molecule has 1 unspecified atom stereocenters. The smallest absolute Gasteiger partial charge is 0.323 e. The minimum absolute atomic E-state index is 0.0947. The fourth-order valence-electron chi connectivity index (χ4n) is 2.78. The first-order chi connectivity index (χ1) is 9.32. The van der Waals surface area contributed by atoms with Crippen LogP contribution < -0.4 is 0 Å². The van der Waals surface area contributed by atoms with Crippen molar-refractivity contribution in [2.24, 2.45) is 11.8 Å². The lowest BCUT2D eigenvalue weighted by atomic mass is 9.89. The molecule has 0 bridgehead atoms. The van der Waals surface area contributed by atoms with Gasteiger partial charge in [0.25, 0.3) is 0 Å². The maximum absolute atomic E-state index is 12.5. The van der Waals surface area contributed by atoms with Gasteiger partial charge in [0.15, 0.2) is 0 Å². The molecule has 1 atom stereocenters. The van der Waals surface area contributed by atoms with Crippen LogP contribution in [-0.4, -0.2) is 52.6 Å². The highest BCUT2D eigenvalue weighted by Crippen LogP contribution is 2.25. The number of carbonyl (C=O) groups is 2. The number of amides is 2. The average molecular weight is 284 g/mol. The zero-order valence-electron chi connectivity index (χ0n) is 13.1. The third-order valence-corrected chi connectivity index (χ3v) is 4.16. The third-order valence-electron chi connectivity index (χ3n) is 4.16. The molecular formula is C15H28N2O3. The second kappa shape index (κ2) is 7.50. The molecule has 1 aliphatic rings. The predicted molar refractivity (Wildman–Crippen MR) is 78.6 cm³/mol. The van der Waals surface area contributed by atoms with Crippen LogP contribution in [0.25, 0.3) is 0 Å². The van der Waals surface area contributed by atoms with E-state index in [0.29, 0.717) is 11.8 Å². The van der Waals surface area contributed by atoms with Gasteiger partial charge in [0.05, 0.1) is 0 Å². The van der Waals surface area contributed by atoms with Crippen molar-refractivity contribution in [3.8, 4) is 0 Å². The molecule has 1 rings (SSSR count). The Morgan fingerprint density at radius 1 is 1.20 bits per heavy atom. The molecule has 2 amide bonds. The lowest BCUT2D eigenvalue weighted by molar-refractivity contribution is -0.138. The zero-order chi connectivity index (χ0) is 15.3. The van der Waals surface area contributed by atoms with Gasteiger partial charge in [-0.15, -0.1) is 0 Å². The Hall–Kier alpha value is -1.26. The van der Waals surface area contributed by atoms with E-state index in [4.69, 9.17) is 5.11 Å². The van der Waals surface area contributed by atoms with E-state index in [1.165, 1.54) is 4.90 Å². The number of carbonyl (C=O) groups excluding carboxylic acids is 1. The van der Waals surface area contributed by atoms with Gasteiger partial charge < -0.3 is 14.9 Å². The summed E-state index contributed by atoms with van der Waals surface area (Å²) < 4.78 is 0. The summed E-state index contributed by atoms with van der Waals surface area (Å²) in [6.07, 6.45) is 3.18. The van der Waals surface area contributed by atoms with E-state index in [-0.39, 0.29) is 18.6 Å². The van der Waals surface area contributed by atoms with Gasteiger partial charge >= 0.3 is 12.0 Å². The maximum atomic E-state index is 12.5. The second-order valence-corrected chi connectivity index (χ2v) is 6.32. The number of urea groups is 1. The Morgan fingerprint density at radius 3 is 2.35 bits per heavy atom. The lowest BCUT2D eigenvalue weighted by Crippen LogP contribution is -2.48. The van der Waals surface area contributed by atoms with Crippen LogP contribution in [0.3, 0.4) is 0 Å². The van der Waals surface area contributed by atoms with Crippen LogP contribution in [0.2, 0.25) is 0 Å². The number of likely N-dealkylation sites (tertiary alicyclic amines) is 1. The molecule has 5 nitrogen and oxygen atoms in total. The Morgan fingerprint density at radius 2 is 1.85 bits per heavy atom. The fraction of sp³-hybridized carbons (Fsp3) is 0.867. The summed E-state index contributed by atoms with van der Waals surface area (Å²) in [6, 6.07) is -0.227. The summed E-state index contributed by atoms with van der Waals surface area (Å²) in [5.74, 6) is 0.354. The number of carboxylic acid groups (broad SMARTS) is 1. The van der Waals surface area contributed by atoms with Crippen molar-refractivity contribution in [2.75, 3.05) is 19.6 Å². The van der Waals surface area contributed by atoms with E-state index >= 15 is 0 Å². The number of rotatable bonds is 4. The Bertz CT molecular complexity index is 342. The fourth-order valence-corrected chi connectivity index (χ4v) is 2.78. The molecule has 0 aromatic heterocycles. The quantitative estimate of drug-likeness (QED) is 0.863. The molecule has 0 spiro atoms. The standard InChI is InChI=1S/C15H28N2O3/c1-11(2)13-6-5-8-16(9-7-13)15(20)17(12(3)4)10-14(18)19/h11-13H,5-10H2,1-4H3,(H,18,19). The maximum Gasteiger partial charge on any atom is 0.323 e. The van der Waals surface area contributed by atoms with Crippen molar-refractivity contribution in [3.05, 3.63) is 0 Å². The van der Waals surface area contributed by atoms with Crippen LogP contribution in [0.5, 0.6) is 0 Å². The van der Waals surface area contributed by atoms with Gasteiger partial charge in [0.2, 0.25) is 0 Å². The van der Waals surface area contributed by atoms with Gasteiger partial charge in [-0.2, -0.15) is 0 Å². The van der Waals surface area contributed by atoms with E-state index < -0.39 is 5.97 Å². The van der Waals surface area contributed by atoms with Gasteiger partial charge in [-0.05, 0) is 44.9 Å². The van der Waals surface area contributed by atoms with Crippen molar-refractivity contribution >= 4 is 12.0 Å². The molecule has 20 heavy (non-hydrogen) atoms. The molecule has 0 aromatic carbocycles. The molecule has 116 valence electrons. The molecule has 1 fully saturated rings. The van der Waals surface area contributed by atoms with Crippen molar-refractivity contribution in [1.82, 2.24) is 9.80 Å². The van der Waals surface area contributed by atoms with Crippen LogP contribution in [0.15, 0.2) is 0 Å². The second-order valence-electron chi connectivity index (χ2n) is 6.32. The highest BCUT2D eigenvalue weighted by atomic mass is 16.4. The monoisotopic (exact) mass is 284 g/mol. The van der Waals surface area contributed by atoms with Gasteiger partial charge in [-0.25, -0.2) is 4.79 Å². The molecule has 1 heterocycles. The molecule has 1 aliphatic heterocycles. The van der Waals surface area contributed by atoms with E-state index in [1.807, 2.05) is 18.7 Å². The topological polar surface area (TPSA) is 60.9 Å². The Balaban J connectivity index is 2.67. The minimum atomic E-state index is -0.957. The van der Waals surface area contributed by atoms with E-state index in [9.17, 15) is 9.59 Å². The molecule has 1 N–H and O–H groups in total. The highest BCUT2D eigenvalue weighted by molar-refractivity contribution is 5.80. The van der Waals surface area contributed by atoms with Gasteiger partial charge in [0.1, 0.15) is 6.54 Å². The number of hydrogen-bond acceptors (Lipinski definition) is 2. The van der Waals surface area contributed by atoms with Crippen LogP contribution in [0.1, 0.15) is 47.0 Å². The lowest BCUT2D eigenvalue weighted by Gasteiger charge is -2.31. The van der Waals surface area contributed by atoms with Crippen molar-refractivity contribution in [2.45, 2.75) is 53.0 Å². The van der Waals surface area contributed by atoms with Crippen LogP contribution in [-0.2, 0) is 4.79 Å². The van der Waals surface area contributed by atoms with E-state index in [1.54, 1.807) is 0 Å². The molecule has 1 saturated heterocycles. The molecule has 5 heteroatoms. The zero-order valence-corrected chi connectivity index (χ0v) is 13.1. The largest absolute Gasteiger partial charge is 0.480 e. The molecule has 0 aliphatic carbocycles. The number of aliphatic carboxylic acids is 1. The first kappa shape index (κ1) is 16.8. The Kier molecular flexibility index (Phi) is 6.30. The first-order valence-electron chi connectivity index (χ1n) is 7.60. The normalized spacial score (nSPS) is 20.1. The predicted octanol–water partition coefficient (Wildman–Crippen LogP) is 2.66. The summed E-state index contributed by atoms with van der Waals surface area (Å²) in [4.78, 5) is 26.7. The third kappa shape index (κ3) is 4.69. The SMILES string of the molecule is CC(C)C1CCCN(C(=O)N(CC(=O)O)C(C)C)CC1. The van der Waals surface area contributed by atoms with Gasteiger partial charge in [0, 0.05) is 19.1 Å². The number of nitrogens with zero attached hydrogens (tertiary/aromatic N) is 2. The Labute approximate surface area is 121 Å². The van der Waals surface area contributed by atoms with Crippen LogP contribution >= 0.6 is 0 Å². The molecule has 0 aromatic rings. The molecule has 0 saturated carbocycles. The molecular weight excluding hydrogens is 256 g/mol. The highest BCUT2D eigenvalue weighted by Gasteiger charge is 2.27. The summed E-state index contributed by atoms with van der Waals surface area (Å²) in [6.45, 7) is 9.43. The summed E-state index contributed by atoms with van der Waals surface area (Å²) in [7, 11) is 0. The van der Waals surface area contributed by atoms with Crippen molar-refractivity contribution < 1.29 is 14.7 Å². The minimum Gasteiger partial charge on any atom is -0.480 e. The molecule has 0 radical (unpaired) electrons. The number of carboxylic acids is 1. The summed E-state index contributed by atoms with van der Waals surface area (Å²) >= 11 is 0. The van der Waals surface area contributed by atoms with Gasteiger partial charge in [-0.1, -0.05) is 13.8 Å². The summed E-state index contributed by atoms with van der Waals surface area (Å²) in [5.41, 5.74) is 0. The average Bonchev–Trinajstić information content (AvgIpc) is 2.60. The van der Waals surface area contributed by atoms with Crippen LogP contribution in [0, 0.1) is 11.8 Å². The van der Waals surface area contributed by atoms with Crippen molar-refractivity contribution in [3.63, 3.8) is 0 Å². The van der Waals surface area contributed by atoms with Crippen molar-refractivity contribution in [1.29, 1.82) is 0 Å². The van der Waals surface area contributed by atoms with Gasteiger partial charge in [-0.3, -0.25) is 4.79 Å². The first-order valence-corrected chi connectivity index (χ1v) is 7.60. The van der Waals surface area contributed by atoms with E-state index in [2.05, 4.69) is 13.8 Å². The van der Waals surface area contributed by atoms with E-state index in [0.717, 1.165) is 32.4 Å². The summed E-state index contributed by atoms with van der Waals surface area (Å²) in [5, 5.41) is 8.94.